The second-order valence-corrected chi connectivity index (χ2v) is 5.49. The van der Waals surface area contributed by atoms with Crippen LogP contribution in [0.3, 0.4) is 0 Å². The molecule has 0 atom stereocenters. The molecule has 0 aliphatic rings. The number of hydrogen-bond donors (Lipinski definition) is 3. The van der Waals surface area contributed by atoms with Crippen LogP contribution in [0.4, 0.5) is 0 Å². The fourth-order valence-electron chi connectivity index (χ4n) is 0.719. The fraction of sp³-hybridized carbons (Fsp3) is 1.00. The predicted octanol–water partition coefficient (Wildman–Crippen LogP) is -1.10. The van der Waals surface area contributed by atoms with Crippen molar-refractivity contribution in [3.05, 3.63) is 0 Å². The Balaban J connectivity index is 3.39. The molecule has 3 N–H and O–H groups in total. The molecule has 6 heteroatoms. The third-order valence-corrected chi connectivity index (χ3v) is 1.95. The molecule has 0 heterocycles. The van der Waals surface area contributed by atoms with E-state index in [-0.39, 0.29) is 0 Å². The summed E-state index contributed by atoms with van der Waals surface area (Å²) >= 11 is 0. The molecular formula is C7H18N2O3S. The van der Waals surface area contributed by atoms with Gasteiger partial charge < -0.3 is 10.4 Å². The Morgan fingerprint density at radius 2 is 1.85 bits per heavy atom. The van der Waals surface area contributed by atoms with E-state index >= 15 is 0 Å². The molecule has 0 saturated heterocycles. The molecule has 0 rings (SSSR count). The van der Waals surface area contributed by atoms with Gasteiger partial charge in [0.2, 0.25) is 10.0 Å². The first-order valence-corrected chi connectivity index (χ1v) is 5.97. The molecule has 13 heavy (non-hydrogen) atoms. The van der Waals surface area contributed by atoms with Crippen molar-refractivity contribution in [2.45, 2.75) is 19.4 Å². The molecule has 0 radical (unpaired) electrons. The van der Waals surface area contributed by atoms with E-state index in [1.807, 2.05) is 0 Å². The van der Waals surface area contributed by atoms with E-state index in [4.69, 9.17) is 0 Å². The van der Waals surface area contributed by atoms with Gasteiger partial charge in [0, 0.05) is 19.6 Å². The molecule has 0 aliphatic heterocycles. The van der Waals surface area contributed by atoms with Crippen molar-refractivity contribution in [2.75, 3.05) is 25.9 Å². The Morgan fingerprint density at radius 3 is 2.23 bits per heavy atom. The molecule has 0 unspecified atom stereocenters. The number of sulfonamides is 1. The number of aliphatic hydroxyl groups is 1. The second kappa shape index (κ2) is 4.90. The van der Waals surface area contributed by atoms with Crippen molar-refractivity contribution in [1.82, 2.24) is 10.0 Å². The topological polar surface area (TPSA) is 78.4 Å². The van der Waals surface area contributed by atoms with E-state index in [0.717, 1.165) is 6.26 Å². The van der Waals surface area contributed by atoms with Crippen LogP contribution in [0.25, 0.3) is 0 Å². The van der Waals surface area contributed by atoms with Crippen LogP contribution in [-0.2, 0) is 10.0 Å². The fourth-order valence-corrected chi connectivity index (χ4v) is 1.19. The molecule has 0 aromatic heterocycles. The second-order valence-electron chi connectivity index (χ2n) is 3.66. The lowest BCUT2D eigenvalue weighted by Crippen LogP contribution is -2.38. The lowest BCUT2D eigenvalue weighted by atomic mass is 10.1. The smallest absolute Gasteiger partial charge is 0.208 e. The average molecular weight is 210 g/mol. The summed E-state index contributed by atoms with van der Waals surface area (Å²) in [5, 5.41) is 12.2. The Hall–Kier alpha value is -0.170. The van der Waals surface area contributed by atoms with Gasteiger partial charge >= 0.3 is 0 Å². The van der Waals surface area contributed by atoms with E-state index in [9.17, 15) is 13.5 Å². The van der Waals surface area contributed by atoms with Crippen LogP contribution in [-0.4, -0.2) is 45.0 Å². The maximum Gasteiger partial charge on any atom is 0.208 e. The zero-order valence-corrected chi connectivity index (χ0v) is 9.11. The zero-order chi connectivity index (χ0) is 10.5. The zero-order valence-electron chi connectivity index (χ0n) is 8.29. The minimum atomic E-state index is -3.09. The van der Waals surface area contributed by atoms with Crippen molar-refractivity contribution >= 4 is 10.0 Å². The van der Waals surface area contributed by atoms with Gasteiger partial charge in [-0.25, -0.2) is 13.1 Å². The molecule has 0 saturated carbocycles. The van der Waals surface area contributed by atoms with Gasteiger partial charge in [-0.3, -0.25) is 0 Å². The summed E-state index contributed by atoms with van der Waals surface area (Å²) in [6.45, 7) is 4.67. The van der Waals surface area contributed by atoms with E-state index in [2.05, 4.69) is 10.0 Å². The molecular weight excluding hydrogens is 192 g/mol. The van der Waals surface area contributed by atoms with E-state index in [1.165, 1.54) is 0 Å². The quantitative estimate of drug-likeness (QED) is 0.486. The van der Waals surface area contributed by atoms with Crippen LogP contribution < -0.4 is 10.0 Å². The Bertz CT molecular complexity index is 231. The maximum atomic E-state index is 10.6. The Kier molecular flexibility index (Phi) is 4.83. The van der Waals surface area contributed by atoms with Crippen molar-refractivity contribution in [1.29, 1.82) is 0 Å². The molecule has 0 bridgehead atoms. The third kappa shape index (κ3) is 11.8. The molecule has 0 aromatic rings. The monoisotopic (exact) mass is 210 g/mol. The van der Waals surface area contributed by atoms with Crippen molar-refractivity contribution in [3.63, 3.8) is 0 Å². The largest absolute Gasteiger partial charge is 0.389 e. The van der Waals surface area contributed by atoms with Gasteiger partial charge in [-0.1, -0.05) is 0 Å². The molecule has 0 aliphatic carbocycles. The van der Waals surface area contributed by atoms with Crippen molar-refractivity contribution in [3.8, 4) is 0 Å². The molecule has 0 spiro atoms. The lowest BCUT2D eigenvalue weighted by molar-refractivity contribution is 0.0802. The van der Waals surface area contributed by atoms with Crippen LogP contribution >= 0.6 is 0 Å². The van der Waals surface area contributed by atoms with Crippen LogP contribution in [0.15, 0.2) is 0 Å². The van der Waals surface area contributed by atoms with Gasteiger partial charge in [0.25, 0.3) is 0 Å². The summed E-state index contributed by atoms with van der Waals surface area (Å²) < 4.78 is 23.5. The molecule has 80 valence electrons. The summed E-state index contributed by atoms with van der Waals surface area (Å²) in [5.41, 5.74) is -0.759. The first kappa shape index (κ1) is 12.8. The van der Waals surface area contributed by atoms with E-state index < -0.39 is 15.6 Å². The van der Waals surface area contributed by atoms with E-state index in [1.54, 1.807) is 13.8 Å². The molecule has 0 fully saturated rings. The summed E-state index contributed by atoms with van der Waals surface area (Å²) in [4.78, 5) is 0. The highest BCUT2D eigenvalue weighted by atomic mass is 32.2. The van der Waals surface area contributed by atoms with E-state index in [0.29, 0.717) is 19.6 Å². The normalized spacial score (nSPS) is 13.2. The number of hydrogen-bond acceptors (Lipinski definition) is 4. The number of rotatable bonds is 6. The Labute approximate surface area is 79.6 Å². The average Bonchev–Trinajstić information content (AvgIpc) is 1.81. The van der Waals surface area contributed by atoms with Crippen molar-refractivity contribution < 1.29 is 13.5 Å². The lowest BCUT2D eigenvalue weighted by Gasteiger charge is -2.17. The minimum Gasteiger partial charge on any atom is -0.389 e. The van der Waals surface area contributed by atoms with Gasteiger partial charge in [-0.2, -0.15) is 0 Å². The highest BCUT2D eigenvalue weighted by Crippen LogP contribution is 1.96. The number of nitrogens with one attached hydrogen (secondary N) is 2. The first-order valence-electron chi connectivity index (χ1n) is 4.08. The van der Waals surface area contributed by atoms with Gasteiger partial charge in [-0.05, 0) is 13.8 Å². The third-order valence-electron chi connectivity index (χ3n) is 1.22. The summed E-state index contributed by atoms with van der Waals surface area (Å²) in [6.07, 6.45) is 1.11. The van der Waals surface area contributed by atoms with Gasteiger partial charge in [0.05, 0.1) is 11.9 Å². The van der Waals surface area contributed by atoms with Crippen LogP contribution in [0.1, 0.15) is 13.8 Å². The van der Waals surface area contributed by atoms with Crippen LogP contribution in [0.2, 0.25) is 0 Å². The highest BCUT2D eigenvalue weighted by molar-refractivity contribution is 7.88. The summed E-state index contributed by atoms with van der Waals surface area (Å²) in [5.74, 6) is 0. The molecule has 0 amide bonds. The summed E-state index contributed by atoms with van der Waals surface area (Å²) in [7, 11) is -3.09. The first-order chi connectivity index (χ1) is 5.71. The van der Waals surface area contributed by atoms with Crippen LogP contribution in [0.5, 0.6) is 0 Å². The SMILES string of the molecule is CC(C)(O)CNCCNS(C)(=O)=O. The Morgan fingerprint density at radius 1 is 1.31 bits per heavy atom. The summed E-state index contributed by atoms with van der Waals surface area (Å²) in [6, 6.07) is 0. The standard InChI is InChI=1S/C7H18N2O3S/c1-7(2,10)6-8-4-5-9-13(3,11)12/h8-10H,4-6H2,1-3H3. The van der Waals surface area contributed by atoms with Gasteiger partial charge in [-0.15, -0.1) is 0 Å². The van der Waals surface area contributed by atoms with Crippen molar-refractivity contribution in [2.24, 2.45) is 0 Å². The van der Waals surface area contributed by atoms with Crippen LogP contribution in [0, 0.1) is 0 Å². The minimum absolute atomic E-state index is 0.342. The van der Waals surface area contributed by atoms with Gasteiger partial charge in [0.1, 0.15) is 0 Å². The predicted molar refractivity (Wildman–Crippen MR) is 52.0 cm³/mol. The maximum absolute atomic E-state index is 10.6. The molecule has 5 nitrogen and oxygen atoms in total. The molecule has 0 aromatic carbocycles. The highest BCUT2D eigenvalue weighted by Gasteiger charge is 2.10. The van der Waals surface area contributed by atoms with Gasteiger partial charge in [0.15, 0.2) is 0 Å².